The first kappa shape index (κ1) is 21.6. The molecule has 1 unspecified atom stereocenters. The number of carbonyl (C=O) groups excluding carboxylic acids is 2. The number of rotatable bonds is 9. The predicted molar refractivity (Wildman–Crippen MR) is 109 cm³/mol. The van der Waals surface area contributed by atoms with E-state index in [-0.39, 0.29) is 36.1 Å². The number of benzene rings is 2. The van der Waals surface area contributed by atoms with Gasteiger partial charge >= 0.3 is 0 Å². The Kier molecular flexibility index (Phi) is 8.14. The van der Waals surface area contributed by atoms with E-state index < -0.39 is 0 Å². The Morgan fingerprint density at radius 2 is 1.71 bits per heavy atom. The summed E-state index contributed by atoms with van der Waals surface area (Å²) in [6, 6.07) is 15.3. The summed E-state index contributed by atoms with van der Waals surface area (Å²) in [6.45, 7) is 4.62. The molecule has 0 aliphatic rings. The van der Waals surface area contributed by atoms with E-state index in [1.807, 2.05) is 25.2 Å². The van der Waals surface area contributed by atoms with E-state index >= 15 is 0 Å². The second kappa shape index (κ2) is 10.6. The van der Waals surface area contributed by atoms with Crippen LogP contribution in [0.5, 0.6) is 0 Å². The van der Waals surface area contributed by atoms with Gasteiger partial charge in [-0.25, -0.2) is 4.39 Å². The van der Waals surface area contributed by atoms with Gasteiger partial charge in [0.05, 0.1) is 7.05 Å². The zero-order valence-electron chi connectivity index (χ0n) is 16.7. The van der Waals surface area contributed by atoms with E-state index in [2.05, 4.69) is 29.7 Å². The van der Waals surface area contributed by atoms with Crippen LogP contribution in [0.15, 0.2) is 54.6 Å². The van der Waals surface area contributed by atoms with Crippen molar-refractivity contribution in [1.82, 2.24) is 5.32 Å². The third kappa shape index (κ3) is 6.46. The van der Waals surface area contributed by atoms with Crippen LogP contribution >= 0.6 is 0 Å². The van der Waals surface area contributed by atoms with Crippen molar-refractivity contribution < 1.29 is 18.9 Å². The number of likely N-dealkylation sites (N-methyl/N-ethyl adjacent to an activating group) is 1. The molecule has 0 spiro atoms. The lowest BCUT2D eigenvalue weighted by molar-refractivity contribution is -0.885. The van der Waals surface area contributed by atoms with E-state index in [9.17, 15) is 14.0 Å². The lowest BCUT2D eigenvalue weighted by atomic mass is 9.96. The van der Waals surface area contributed by atoms with Crippen LogP contribution in [-0.2, 0) is 9.59 Å². The number of carbonyl (C=O) groups is 2. The maximum Gasteiger partial charge on any atom is 0.279 e. The summed E-state index contributed by atoms with van der Waals surface area (Å²) < 4.78 is 12.9. The molecule has 0 heterocycles. The van der Waals surface area contributed by atoms with Gasteiger partial charge in [-0.05, 0) is 43.2 Å². The maximum absolute atomic E-state index is 12.9. The van der Waals surface area contributed by atoms with Crippen molar-refractivity contribution >= 4 is 17.5 Å². The summed E-state index contributed by atoms with van der Waals surface area (Å²) in [5.41, 5.74) is 1.74. The van der Waals surface area contributed by atoms with Gasteiger partial charge < -0.3 is 15.5 Å². The Hall–Kier alpha value is -2.73. The third-order valence-electron chi connectivity index (χ3n) is 4.99. The zero-order valence-corrected chi connectivity index (χ0v) is 16.7. The summed E-state index contributed by atoms with van der Waals surface area (Å²) >= 11 is 0. The normalized spacial score (nSPS) is 14.0. The van der Waals surface area contributed by atoms with E-state index in [1.165, 1.54) is 29.8 Å². The van der Waals surface area contributed by atoms with Crippen molar-refractivity contribution in [3.8, 4) is 0 Å². The van der Waals surface area contributed by atoms with Crippen LogP contribution in [0.4, 0.5) is 10.1 Å². The van der Waals surface area contributed by atoms with Gasteiger partial charge in [0.25, 0.3) is 11.8 Å². The number of anilines is 1. The minimum Gasteiger partial charge on any atom is -0.350 e. The molecule has 2 rings (SSSR count). The average molecular weight is 386 g/mol. The molecule has 3 atom stereocenters. The third-order valence-corrected chi connectivity index (χ3v) is 4.99. The monoisotopic (exact) mass is 386 g/mol. The van der Waals surface area contributed by atoms with Gasteiger partial charge in [-0.3, -0.25) is 9.59 Å². The number of hydrogen-bond acceptors (Lipinski definition) is 2. The topological polar surface area (TPSA) is 62.6 Å². The van der Waals surface area contributed by atoms with Gasteiger partial charge in [0.15, 0.2) is 12.6 Å². The van der Waals surface area contributed by atoms with Crippen LogP contribution in [0, 0.1) is 5.82 Å². The number of amides is 2. The van der Waals surface area contributed by atoms with Crippen molar-refractivity contribution in [2.75, 3.05) is 25.5 Å². The molecular weight excluding hydrogens is 357 g/mol. The molecule has 0 bridgehead atoms. The van der Waals surface area contributed by atoms with E-state index in [0.29, 0.717) is 12.2 Å². The Morgan fingerprint density at radius 3 is 2.32 bits per heavy atom. The van der Waals surface area contributed by atoms with Crippen LogP contribution in [-0.4, -0.2) is 38.0 Å². The molecule has 0 radical (unpaired) electrons. The molecule has 2 aromatic carbocycles. The summed E-state index contributed by atoms with van der Waals surface area (Å²) in [6.07, 6.45) is 0.932. The molecule has 0 aliphatic heterocycles. The molecule has 28 heavy (non-hydrogen) atoms. The number of nitrogens with one attached hydrogen (secondary N) is 3. The molecule has 0 saturated heterocycles. The first-order chi connectivity index (χ1) is 13.4. The zero-order chi connectivity index (χ0) is 20.5. The predicted octanol–water partition coefficient (Wildman–Crippen LogP) is 1.98. The summed E-state index contributed by atoms with van der Waals surface area (Å²) in [4.78, 5) is 25.5. The maximum atomic E-state index is 12.9. The van der Waals surface area contributed by atoms with Gasteiger partial charge in [0, 0.05) is 18.2 Å². The Balaban J connectivity index is 1.82. The molecule has 3 N–H and O–H groups in total. The first-order valence-corrected chi connectivity index (χ1v) is 9.61. The lowest BCUT2D eigenvalue weighted by Gasteiger charge is -2.22. The second-order valence-corrected chi connectivity index (χ2v) is 7.06. The van der Waals surface area contributed by atoms with E-state index in [1.54, 1.807) is 6.92 Å². The highest BCUT2D eigenvalue weighted by Crippen LogP contribution is 2.17. The highest BCUT2D eigenvalue weighted by Gasteiger charge is 2.24. The highest BCUT2D eigenvalue weighted by atomic mass is 19.1. The molecule has 2 amide bonds. The van der Waals surface area contributed by atoms with E-state index in [0.717, 1.165) is 11.3 Å². The largest absolute Gasteiger partial charge is 0.350 e. The van der Waals surface area contributed by atoms with E-state index in [4.69, 9.17) is 0 Å². The van der Waals surface area contributed by atoms with Crippen LogP contribution < -0.4 is 15.5 Å². The number of hydrogen-bond donors (Lipinski definition) is 3. The summed E-state index contributed by atoms with van der Waals surface area (Å²) in [5.74, 6) is -0.396. The summed E-state index contributed by atoms with van der Waals surface area (Å²) in [7, 11) is 1.81. The van der Waals surface area contributed by atoms with Gasteiger partial charge in [0.2, 0.25) is 0 Å². The molecule has 0 saturated carbocycles. The van der Waals surface area contributed by atoms with Crippen molar-refractivity contribution in [1.29, 1.82) is 0 Å². The summed E-state index contributed by atoms with van der Waals surface area (Å²) in [5, 5.41) is 5.73. The molecule has 150 valence electrons. The van der Waals surface area contributed by atoms with Gasteiger partial charge in [-0.15, -0.1) is 0 Å². The second-order valence-electron chi connectivity index (χ2n) is 7.06. The highest BCUT2D eigenvalue weighted by molar-refractivity contribution is 5.91. The van der Waals surface area contributed by atoms with Crippen LogP contribution in [0.1, 0.15) is 31.7 Å². The Labute approximate surface area is 165 Å². The lowest BCUT2D eigenvalue weighted by Crippen LogP contribution is -3.15. The van der Waals surface area contributed by atoms with Crippen molar-refractivity contribution in [2.45, 2.75) is 32.2 Å². The molecule has 0 fully saturated rings. The minimum atomic E-state index is -0.368. The Morgan fingerprint density at radius 1 is 1.07 bits per heavy atom. The molecular formula is C22H29FN3O2+. The molecule has 0 aromatic heterocycles. The van der Waals surface area contributed by atoms with Crippen LogP contribution in [0.2, 0.25) is 0 Å². The first-order valence-electron chi connectivity index (χ1n) is 9.61. The Bertz CT molecular complexity index is 765. The number of quaternary nitrogens is 1. The quantitative estimate of drug-likeness (QED) is 0.617. The molecule has 0 aliphatic carbocycles. The molecule has 5 nitrogen and oxygen atoms in total. The average Bonchev–Trinajstić information content (AvgIpc) is 2.70. The minimum absolute atomic E-state index is 0.0820. The molecule has 6 heteroatoms. The molecule has 2 aromatic rings. The van der Waals surface area contributed by atoms with Crippen LogP contribution in [0.25, 0.3) is 0 Å². The van der Waals surface area contributed by atoms with Gasteiger partial charge in [-0.2, -0.15) is 0 Å². The smallest absolute Gasteiger partial charge is 0.279 e. The van der Waals surface area contributed by atoms with Gasteiger partial charge in [0.1, 0.15) is 5.82 Å². The van der Waals surface area contributed by atoms with Crippen molar-refractivity contribution in [3.63, 3.8) is 0 Å². The fraction of sp³-hybridized carbons (Fsp3) is 0.364. The van der Waals surface area contributed by atoms with Crippen molar-refractivity contribution in [2.24, 2.45) is 0 Å². The van der Waals surface area contributed by atoms with Crippen molar-refractivity contribution in [3.05, 3.63) is 66.0 Å². The van der Waals surface area contributed by atoms with Gasteiger partial charge in [-0.1, -0.05) is 37.3 Å². The number of halogens is 1. The standard InChI is InChI=1S/C22H28FN3O2/c1-4-17(18-8-6-5-7-9-18)14-24-22(28)16(2)26(3)15-21(27)25-20-12-10-19(23)11-13-20/h5-13,16-17H,4,14-15H2,1-3H3,(H,24,28)(H,25,27)/p+1/t16-,17+/m1/s1. The van der Waals surface area contributed by atoms with Crippen LogP contribution in [0.3, 0.4) is 0 Å². The SMILES string of the molecule is CC[C@@H](CNC(=O)[C@@H](C)[NH+](C)CC(=O)Nc1ccc(F)cc1)c1ccccc1. The fourth-order valence-corrected chi connectivity index (χ4v) is 2.97. The fourth-order valence-electron chi connectivity index (χ4n) is 2.97.